The SMILES string of the molecule is C=C/C(O)=C\C(C)=C(/C)C[C@H](NC(=O)[C@@H](CCCNC(=N)N)NC(=O)OC(C)(C)C)C(=O)O. The fourth-order valence-corrected chi connectivity index (χ4v) is 2.59. The number of rotatable bonds is 12. The quantitative estimate of drug-likeness (QED) is 0.0746. The molecule has 0 aromatic carbocycles. The highest BCUT2D eigenvalue weighted by molar-refractivity contribution is 5.89. The molecule has 2 amide bonds. The first kappa shape index (κ1) is 29.5. The van der Waals surface area contributed by atoms with Crippen LogP contribution in [0, 0.1) is 5.41 Å². The number of guanidine groups is 1. The molecule has 0 heterocycles. The predicted octanol–water partition coefficient (Wildman–Crippen LogP) is 2.07. The third-order valence-corrected chi connectivity index (χ3v) is 4.36. The molecule has 0 aliphatic carbocycles. The second-order valence-electron chi connectivity index (χ2n) is 8.52. The van der Waals surface area contributed by atoms with Gasteiger partial charge < -0.3 is 36.6 Å². The van der Waals surface area contributed by atoms with Crippen molar-refractivity contribution in [2.24, 2.45) is 5.73 Å². The van der Waals surface area contributed by atoms with Crippen LogP contribution in [0.4, 0.5) is 4.79 Å². The maximum atomic E-state index is 12.8. The molecule has 0 spiro atoms. The number of amides is 2. The van der Waals surface area contributed by atoms with Gasteiger partial charge in [0.1, 0.15) is 23.4 Å². The average molecular weight is 468 g/mol. The van der Waals surface area contributed by atoms with Gasteiger partial charge in [-0.1, -0.05) is 12.2 Å². The van der Waals surface area contributed by atoms with Gasteiger partial charge >= 0.3 is 12.1 Å². The number of carbonyl (C=O) groups excluding carboxylic acids is 2. The molecular weight excluding hydrogens is 430 g/mol. The van der Waals surface area contributed by atoms with E-state index >= 15 is 0 Å². The van der Waals surface area contributed by atoms with Gasteiger partial charge in [0, 0.05) is 6.54 Å². The van der Waals surface area contributed by atoms with Crippen LogP contribution >= 0.6 is 0 Å². The maximum absolute atomic E-state index is 12.8. The predicted molar refractivity (Wildman–Crippen MR) is 126 cm³/mol. The number of allylic oxidation sites excluding steroid dienone is 3. The van der Waals surface area contributed by atoms with E-state index in [1.807, 2.05) is 0 Å². The van der Waals surface area contributed by atoms with Crippen molar-refractivity contribution in [3.05, 3.63) is 35.6 Å². The smallest absolute Gasteiger partial charge is 0.408 e. The second kappa shape index (κ2) is 13.8. The molecule has 0 fully saturated rings. The third-order valence-electron chi connectivity index (χ3n) is 4.36. The summed E-state index contributed by atoms with van der Waals surface area (Å²) in [4.78, 5) is 36.8. The molecule has 33 heavy (non-hydrogen) atoms. The number of hydrogen-bond donors (Lipinski definition) is 7. The summed E-state index contributed by atoms with van der Waals surface area (Å²) in [5.41, 5.74) is 5.72. The van der Waals surface area contributed by atoms with E-state index in [0.29, 0.717) is 17.6 Å². The zero-order valence-electron chi connectivity index (χ0n) is 19.9. The first-order valence-corrected chi connectivity index (χ1v) is 10.5. The number of ether oxygens (including phenoxy) is 1. The molecule has 8 N–H and O–H groups in total. The van der Waals surface area contributed by atoms with E-state index in [2.05, 4.69) is 22.5 Å². The number of nitrogens with two attached hydrogens (primary N) is 1. The van der Waals surface area contributed by atoms with Crippen molar-refractivity contribution in [3.63, 3.8) is 0 Å². The van der Waals surface area contributed by atoms with Crippen molar-refractivity contribution in [1.29, 1.82) is 5.41 Å². The highest BCUT2D eigenvalue weighted by Crippen LogP contribution is 2.14. The maximum Gasteiger partial charge on any atom is 0.408 e. The summed E-state index contributed by atoms with van der Waals surface area (Å²) >= 11 is 0. The molecule has 0 aromatic rings. The molecule has 0 rings (SSSR count). The molecule has 0 aromatic heterocycles. The number of aliphatic carboxylic acids is 1. The normalized spacial score (nSPS) is 14.3. The Morgan fingerprint density at radius 1 is 1.15 bits per heavy atom. The molecule has 0 bridgehead atoms. The van der Waals surface area contributed by atoms with Gasteiger partial charge in [0.15, 0.2) is 5.96 Å². The highest BCUT2D eigenvalue weighted by Gasteiger charge is 2.28. The second-order valence-corrected chi connectivity index (χ2v) is 8.52. The minimum absolute atomic E-state index is 0.0150. The summed E-state index contributed by atoms with van der Waals surface area (Å²) in [6, 6.07) is -2.32. The van der Waals surface area contributed by atoms with Crippen LogP contribution in [0.1, 0.15) is 53.9 Å². The molecule has 2 atom stereocenters. The Labute approximate surface area is 194 Å². The van der Waals surface area contributed by atoms with Crippen molar-refractivity contribution >= 4 is 23.9 Å². The Balaban J connectivity index is 5.46. The number of aliphatic hydroxyl groups is 1. The van der Waals surface area contributed by atoms with E-state index in [9.17, 15) is 24.6 Å². The van der Waals surface area contributed by atoms with Crippen LogP contribution in [-0.4, -0.2) is 58.4 Å². The van der Waals surface area contributed by atoms with E-state index < -0.39 is 35.7 Å². The summed E-state index contributed by atoms with van der Waals surface area (Å²) in [7, 11) is 0. The molecule has 186 valence electrons. The van der Waals surface area contributed by atoms with Crippen LogP contribution in [0.15, 0.2) is 35.6 Å². The number of aliphatic hydroxyl groups excluding tert-OH is 1. The Morgan fingerprint density at radius 3 is 2.24 bits per heavy atom. The van der Waals surface area contributed by atoms with Gasteiger partial charge in [0.05, 0.1) is 0 Å². The lowest BCUT2D eigenvalue weighted by Crippen LogP contribution is -2.52. The van der Waals surface area contributed by atoms with E-state index in [-0.39, 0.29) is 31.1 Å². The van der Waals surface area contributed by atoms with Crippen molar-refractivity contribution in [2.75, 3.05) is 6.54 Å². The van der Waals surface area contributed by atoms with Crippen molar-refractivity contribution in [3.8, 4) is 0 Å². The number of carboxylic acid groups (broad SMARTS) is 1. The van der Waals surface area contributed by atoms with Crippen LogP contribution in [-0.2, 0) is 14.3 Å². The van der Waals surface area contributed by atoms with Crippen LogP contribution in [0.25, 0.3) is 0 Å². The number of nitrogens with one attached hydrogen (secondary N) is 4. The third kappa shape index (κ3) is 13.5. The Hall–Kier alpha value is -3.50. The first-order chi connectivity index (χ1) is 15.2. The van der Waals surface area contributed by atoms with Crippen LogP contribution in [0.3, 0.4) is 0 Å². The van der Waals surface area contributed by atoms with Crippen LogP contribution in [0.2, 0.25) is 0 Å². The molecule has 0 saturated heterocycles. The number of alkyl carbamates (subject to hydrolysis) is 1. The zero-order valence-corrected chi connectivity index (χ0v) is 19.9. The van der Waals surface area contributed by atoms with E-state index in [1.54, 1.807) is 34.6 Å². The van der Waals surface area contributed by atoms with Crippen molar-refractivity contribution in [1.82, 2.24) is 16.0 Å². The highest BCUT2D eigenvalue weighted by atomic mass is 16.6. The Bertz CT molecular complexity index is 798. The fraction of sp³-hybridized carbons (Fsp3) is 0.545. The fourth-order valence-electron chi connectivity index (χ4n) is 2.59. The van der Waals surface area contributed by atoms with E-state index in [0.717, 1.165) is 0 Å². The summed E-state index contributed by atoms with van der Waals surface area (Å²) in [5, 5.41) is 33.9. The van der Waals surface area contributed by atoms with Crippen molar-refractivity contribution < 1.29 is 29.3 Å². The zero-order chi connectivity index (χ0) is 25.8. The summed E-state index contributed by atoms with van der Waals surface area (Å²) in [6.07, 6.45) is 2.39. The standard InChI is InChI=1S/C22H37N5O6/c1-7-15(28)11-13(2)14(3)12-17(19(30)31)26-18(29)16(9-8-10-25-20(23)24)27-21(32)33-22(4,5)6/h7,11,16-17,28H,1,8-10,12H2,2-6H3,(H,26,29)(H,27,32)(H,30,31)(H4,23,24,25)/b14-13+,15-11+/t16-,17+/m1/s1. The molecule has 11 heteroatoms. The van der Waals surface area contributed by atoms with Gasteiger partial charge in [-0.15, -0.1) is 0 Å². The van der Waals surface area contributed by atoms with Gasteiger partial charge in [-0.05, 0) is 71.6 Å². The topological polar surface area (TPSA) is 187 Å². The van der Waals surface area contributed by atoms with Crippen molar-refractivity contribution in [2.45, 2.75) is 71.6 Å². The lowest BCUT2D eigenvalue weighted by atomic mass is 10.0. The first-order valence-electron chi connectivity index (χ1n) is 10.5. The number of carbonyl (C=O) groups is 3. The van der Waals surface area contributed by atoms with E-state index in [4.69, 9.17) is 15.9 Å². The summed E-state index contributed by atoms with van der Waals surface area (Å²) < 4.78 is 5.20. The summed E-state index contributed by atoms with van der Waals surface area (Å²) in [6.45, 7) is 12.2. The van der Waals surface area contributed by atoms with Gasteiger partial charge in [-0.25, -0.2) is 9.59 Å². The molecule has 0 saturated carbocycles. The molecule has 0 aliphatic heterocycles. The minimum atomic E-state index is -1.26. The molecule has 11 nitrogen and oxygen atoms in total. The van der Waals surface area contributed by atoms with Crippen LogP contribution in [0.5, 0.6) is 0 Å². The van der Waals surface area contributed by atoms with Gasteiger partial charge in [-0.3, -0.25) is 10.2 Å². The molecular formula is C22H37N5O6. The van der Waals surface area contributed by atoms with E-state index in [1.165, 1.54) is 12.2 Å². The van der Waals surface area contributed by atoms with Crippen LogP contribution < -0.4 is 21.7 Å². The lowest BCUT2D eigenvalue weighted by Gasteiger charge is -2.25. The molecule has 0 radical (unpaired) electrons. The largest absolute Gasteiger partial charge is 0.508 e. The van der Waals surface area contributed by atoms with Gasteiger partial charge in [0.25, 0.3) is 0 Å². The Morgan fingerprint density at radius 2 is 1.76 bits per heavy atom. The molecule has 0 aliphatic rings. The van der Waals surface area contributed by atoms with Gasteiger partial charge in [-0.2, -0.15) is 0 Å². The average Bonchev–Trinajstić information content (AvgIpc) is 2.67. The number of hydrogen-bond acceptors (Lipinski definition) is 6. The molecule has 0 unspecified atom stereocenters. The minimum Gasteiger partial charge on any atom is -0.508 e. The summed E-state index contributed by atoms with van der Waals surface area (Å²) in [5.74, 6) is -2.23. The lowest BCUT2D eigenvalue weighted by molar-refractivity contribution is -0.142. The number of carboxylic acids is 1. The monoisotopic (exact) mass is 467 g/mol. The Kier molecular flexibility index (Phi) is 12.3. The van der Waals surface area contributed by atoms with Gasteiger partial charge in [0.2, 0.25) is 5.91 Å².